The fraction of sp³-hybridized carbons (Fsp3) is 1.00. The van der Waals surface area contributed by atoms with Gasteiger partial charge in [0.1, 0.15) is 0 Å². The Bertz CT molecular complexity index is 282. The first-order valence-corrected chi connectivity index (χ1v) is 8.18. The molecule has 0 aliphatic rings. The Balaban J connectivity index is 4.00. The zero-order valence-electron chi connectivity index (χ0n) is 10.6. The van der Waals surface area contributed by atoms with Crippen molar-refractivity contribution in [2.75, 3.05) is 19.0 Å². The maximum atomic E-state index is 11.0. The predicted octanol–water partition coefficient (Wildman–Crippen LogP) is 3.03. The minimum atomic E-state index is -3.45. The van der Waals surface area contributed by atoms with Gasteiger partial charge in [-0.2, -0.15) is 0 Å². The summed E-state index contributed by atoms with van der Waals surface area (Å²) in [6, 6.07) is 0. The van der Waals surface area contributed by atoms with Crippen LogP contribution < -0.4 is 0 Å². The van der Waals surface area contributed by atoms with Crippen LogP contribution >= 0.6 is 10.7 Å². The largest absolute Gasteiger partial charge is 0.381 e. The highest BCUT2D eigenvalue weighted by atomic mass is 35.7. The third-order valence-corrected chi connectivity index (χ3v) is 4.02. The Morgan fingerprint density at radius 3 is 2.12 bits per heavy atom. The standard InChI is InChI=1S/C11H23ClO3S/c1-5-10(6-2)7-15-8-11(3,4)9-16(12,13)14/h10H,5-9H2,1-4H3. The van der Waals surface area contributed by atoms with Gasteiger partial charge < -0.3 is 4.74 Å². The van der Waals surface area contributed by atoms with E-state index in [9.17, 15) is 8.42 Å². The third-order valence-electron chi connectivity index (χ3n) is 2.56. The van der Waals surface area contributed by atoms with Crippen LogP contribution in [-0.4, -0.2) is 27.4 Å². The van der Waals surface area contributed by atoms with Crippen LogP contribution in [0.25, 0.3) is 0 Å². The molecule has 0 atom stereocenters. The second kappa shape index (κ2) is 6.82. The Kier molecular flexibility index (Phi) is 6.90. The molecular weight excluding hydrogens is 248 g/mol. The number of hydrogen-bond acceptors (Lipinski definition) is 3. The quantitative estimate of drug-likeness (QED) is 0.637. The SMILES string of the molecule is CCC(CC)COCC(C)(C)CS(=O)(=O)Cl. The van der Waals surface area contributed by atoms with Crippen LogP contribution in [0.15, 0.2) is 0 Å². The van der Waals surface area contributed by atoms with Gasteiger partial charge in [0.2, 0.25) is 9.05 Å². The molecule has 0 aliphatic heterocycles. The number of ether oxygens (including phenoxy) is 1. The van der Waals surface area contributed by atoms with Gasteiger partial charge in [0.25, 0.3) is 0 Å². The molecule has 0 aliphatic carbocycles. The topological polar surface area (TPSA) is 43.4 Å². The van der Waals surface area contributed by atoms with Crippen LogP contribution in [0.5, 0.6) is 0 Å². The van der Waals surface area contributed by atoms with Gasteiger partial charge in [-0.3, -0.25) is 0 Å². The summed E-state index contributed by atoms with van der Waals surface area (Å²) < 4.78 is 27.5. The minimum Gasteiger partial charge on any atom is -0.381 e. The van der Waals surface area contributed by atoms with Crippen molar-refractivity contribution in [2.45, 2.75) is 40.5 Å². The average molecular weight is 271 g/mol. The average Bonchev–Trinajstić information content (AvgIpc) is 2.08. The van der Waals surface area contributed by atoms with E-state index in [1.54, 1.807) is 0 Å². The van der Waals surface area contributed by atoms with E-state index in [1.807, 2.05) is 13.8 Å². The molecule has 0 rings (SSSR count). The Morgan fingerprint density at radius 1 is 1.25 bits per heavy atom. The smallest absolute Gasteiger partial charge is 0.233 e. The van der Waals surface area contributed by atoms with Crippen LogP contribution in [0.1, 0.15) is 40.5 Å². The summed E-state index contributed by atoms with van der Waals surface area (Å²) in [6.45, 7) is 9.08. The van der Waals surface area contributed by atoms with Crippen LogP contribution in [0.3, 0.4) is 0 Å². The molecule has 0 amide bonds. The molecule has 0 saturated heterocycles. The van der Waals surface area contributed by atoms with Crippen molar-refractivity contribution >= 4 is 19.7 Å². The molecule has 0 fully saturated rings. The molecule has 0 heterocycles. The van der Waals surface area contributed by atoms with Crippen LogP contribution in [0.4, 0.5) is 0 Å². The molecule has 0 aromatic carbocycles. The summed E-state index contributed by atoms with van der Waals surface area (Å²) in [5, 5.41) is 0. The number of halogens is 1. The molecule has 5 heteroatoms. The predicted molar refractivity (Wildman–Crippen MR) is 68.3 cm³/mol. The van der Waals surface area contributed by atoms with Gasteiger partial charge in [-0.05, 0) is 5.92 Å². The fourth-order valence-electron chi connectivity index (χ4n) is 1.53. The molecule has 0 spiro atoms. The first-order valence-electron chi connectivity index (χ1n) is 5.70. The molecule has 0 aromatic heterocycles. The van der Waals surface area contributed by atoms with Crippen molar-refractivity contribution in [1.82, 2.24) is 0 Å². The van der Waals surface area contributed by atoms with Crippen molar-refractivity contribution in [3.05, 3.63) is 0 Å². The van der Waals surface area contributed by atoms with Gasteiger partial charge in [-0.25, -0.2) is 8.42 Å². The molecule has 98 valence electrons. The molecule has 3 nitrogen and oxygen atoms in total. The van der Waals surface area contributed by atoms with Gasteiger partial charge in [0, 0.05) is 22.7 Å². The number of rotatable bonds is 8. The lowest BCUT2D eigenvalue weighted by Gasteiger charge is -2.24. The monoisotopic (exact) mass is 270 g/mol. The highest BCUT2D eigenvalue weighted by molar-refractivity contribution is 8.13. The highest BCUT2D eigenvalue weighted by Gasteiger charge is 2.25. The summed E-state index contributed by atoms with van der Waals surface area (Å²) in [4.78, 5) is 0. The molecule has 0 saturated carbocycles. The van der Waals surface area contributed by atoms with Crippen molar-refractivity contribution in [1.29, 1.82) is 0 Å². The van der Waals surface area contributed by atoms with Crippen molar-refractivity contribution in [3.63, 3.8) is 0 Å². The summed E-state index contributed by atoms with van der Waals surface area (Å²) in [7, 11) is 1.78. The molecular formula is C11H23ClO3S. The van der Waals surface area contributed by atoms with Gasteiger partial charge in [0.05, 0.1) is 12.4 Å². The second-order valence-corrected chi connectivity index (χ2v) is 7.82. The van der Waals surface area contributed by atoms with E-state index in [1.165, 1.54) is 0 Å². The first-order chi connectivity index (χ1) is 7.20. The molecule has 16 heavy (non-hydrogen) atoms. The van der Waals surface area contributed by atoms with Gasteiger partial charge in [-0.1, -0.05) is 40.5 Å². The Labute approximate surface area is 104 Å². The van der Waals surface area contributed by atoms with Crippen LogP contribution in [0.2, 0.25) is 0 Å². The van der Waals surface area contributed by atoms with E-state index in [0.29, 0.717) is 19.1 Å². The van der Waals surface area contributed by atoms with Crippen LogP contribution in [-0.2, 0) is 13.8 Å². The lowest BCUT2D eigenvalue weighted by Crippen LogP contribution is -2.28. The third kappa shape index (κ3) is 8.36. The zero-order valence-corrected chi connectivity index (χ0v) is 12.2. The Hall–Kier alpha value is 0.200. The van der Waals surface area contributed by atoms with Crippen molar-refractivity contribution in [3.8, 4) is 0 Å². The highest BCUT2D eigenvalue weighted by Crippen LogP contribution is 2.21. The van der Waals surface area contributed by atoms with E-state index >= 15 is 0 Å². The molecule has 0 bridgehead atoms. The van der Waals surface area contributed by atoms with Crippen LogP contribution in [0, 0.1) is 11.3 Å². The maximum absolute atomic E-state index is 11.0. The summed E-state index contributed by atoms with van der Waals surface area (Å²) in [5.41, 5.74) is -0.424. The zero-order chi connectivity index (χ0) is 12.8. The second-order valence-electron chi connectivity index (χ2n) is 5.05. The van der Waals surface area contributed by atoms with Gasteiger partial charge in [-0.15, -0.1) is 0 Å². The lowest BCUT2D eigenvalue weighted by molar-refractivity contribution is 0.0471. The minimum absolute atomic E-state index is 0.0511. The molecule has 0 radical (unpaired) electrons. The molecule has 0 N–H and O–H groups in total. The van der Waals surface area contributed by atoms with E-state index < -0.39 is 14.5 Å². The van der Waals surface area contributed by atoms with Gasteiger partial charge >= 0.3 is 0 Å². The molecule has 0 aromatic rings. The van der Waals surface area contributed by atoms with E-state index in [0.717, 1.165) is 12.8 Å². The fourth-order valence-corrected chi connectivity index (χ4v) is 3.44. The molecule has 0 unspecified atom stereocenters. The van der Waals surface area contributed by atoms with E-state index in [2.05, 4.69) is 13.8 Å². The van der Waals surface area contributed by atoms with E-state index in [4.69, 9.17) is 15.4 Å². The van der Waals surface area contributed by atoms with E-state index in [-0.39, 0.29) is 5.75 Å². The lowest BCUT2D eigenvalue weighted by atomic mass is 9.98. The summed E-state index contributed by atoms with van der Waals surface area (Å²) >= 11 is 0. The Morgan fingerprint density at radius 2 is 1.75 bits per heavy atom. The first kappa shape index (κ1) is 16.2. The number of hydrogen-bond donors (Lipinski definition) is 0. The van der Waals surface area contributed by atoms with Crippen molar-refractivity contribution in [2.24, 2.45) is 11.3 Å². The van der Waals surface area contributed by atoms with Crippen molar-refractivity contribution < 1.29 is 13.2 Å². The summed E-state index contributed by atoms with van der Waals surface area (Å²) in [6.07, 6.45) is 2.18. The van der Waals surface area contributed by atoms with Gasteiger partial charge in [0.15, 0.2) is 0 Å². The normalized spacial score (nSPS) is 13.4. The summed E-state index contributed by atoms with van der Waals surface area (Å²) in [5.74, 6) is 0.508. The maximum Gasteiger partial charge on any atom is 0.233 e.